The Hall–Kier alpha value is -1.64. The molecule has 2 aromatic heterocycles. The average Bonchev–Trinajstić information content (AvgIpc) is 2.79. The van der Waals surface area contributed by atoms with Crippen LogP contribution >= 0.6 is 0 Å². The summed E-state index contributed by atoms with van der Waals surface area (Å²) in [4.78, 5) is 12.2. The molecule has 0 bridgehead atoms. The Morgan fingerprint density at radius 3 is 2.67 bits per heavy atom. The summed E-state index contributed by atoms with van der Waals surface area (Å²) < 4.78 is 0. The average molecular weight is 243 g/mol. The maximum Gasteiger partial charge on any atom is 0.137 e. The summed E-state index contributed by atoms with van der Waals surface area (Å²) in [5.74, 6) is 1.48. The van der Waals surface area contributed by atoms with Crippen molar-refractivity contribution >= 4 is 0 Å². The SMILES string of the molecule is CCCCC(C)c1nc(-c2ccncc2)[nH]c1C. The summed E-state index contributed by atoms with van der Waals surface area (Å²) in [6, 6.07) is 3.97. The molecule has 1 unspecified atom stereocenters. The minimum Gasteiger partial charge on any atom is -0.342 e. The molecule has 2 aromatic rings. The number of nitrogens with one attached hydrogen (secondary N) is 1. The molecule has 1 atom stereocenters. The number of hydrogen-bond donors (Lipinski definition) is 1. The Morgan fingerprint density at radius 1 is 1.28 bits per heavy atom. The van der Waals surface area contributed by atoms with E-state index in [1.54, 1.807) is 12.4 Å². The number of nitrogens with zero attached hydrogens (tertiary/aromatic N) is 2. The normalized spacial score (nSPS) is 12.6. The number of aryl methyl sites for hydroxylation is 1. The molecule has 96 valence electrons. The van der Waals surface area contributed by atoms with E-state index >= 15 is 0 Å². The molecule has 0 saturated heterocycles. The topological polar surface area (TPSA) is 41.6 Å². The van der Waals surface area contributed by atoms with Crippen LogP contribution in [0.3, 0.4) is 0 Å². The molecule has 3 heteroatoms. The highest BCUT2D eigenvalue weighted by Gasteiger charge is 2.14. The minimum atomic E-state index is 0.525. The molecular weight excluding hydrogens is 222 g/mol. The quantitative estimate of drug-likeness (QED) is 0.860. The number of aromatic amines is 1. The highest BCUT2D eigenvalue weighted by molar-refractivity contribution is 5.55. The molecule has 1 N–H and O–H groups in total. The summed E-state index contributed by atoms with van der Waals surface area (Å²) in [6.45, 7) is 6.59. The molecule has 0 radical (unpaired) electrons. The highest BCUT2D eigenvalue weighted by Crippen LogP contribution is 2.25. The standard InChI is InChI=1S/C15H21N3/c1-4-5-6-11(2)14-12(3)17-15(18-14)13-7-9-16-10-8-13/h7-11H,4-6H2,1-3H3,(H,17,18). The second-order valence-electron chi connectivity index (χ2n) is 4.87. The van der Waals surface area contributed by atoms with E-state index in [2.05, 4.69) is 30.7 Å². The van der Waals surface area contributed by atoms with E-state index in [1.807, 2.05) is 12.1 Å². The van der Waals surface area contributed by atoms with Gasteiger partial charge in [-0.2, -0.15) is 0 Å². The van der Waals surface area contributed by atoms with Crippen molar-refractivity contribution in [3.8, 4) is 11.4 Å². The van der Waals surface area contributed by atoms with Gasteiger partial charge in [-0.3, -0.25) is 4.98 Å². The third kappa shape index (κ3) is 2.78. The molecule has 2 rings (SSSR count). The maximum atomic E-state index is 4.75. The van der Waals surface area contributed by atoms with Crippen LogP contribution in [0.25, 0.3) is 11.4 Å². The van der Waals surface area contributed by atoms with Gasteiger partial charge in [-0.1, -0.05) is 26.7 Å². The van der Waals surface area contributed by atoms with Gasteiger partial charge < -0.3 is 4.98 Å². The lowest BCUT2D eigenvalue weighted by molar-refractivity contribution is 0.611. The number of unbranched alkanes of at least 4 members (excludes halogenated alkanes) is 1. The minimum absolute atomic E-state index is 0.525. The molecule has 18 heavy (non-hydrogen) atoms. The maximum absolute atomic E-state index is 4.75. The van der Waals surface area contributed by atoms with Crippen LogP contribution in [0.1, 0.15) is 50.4 Å². The number of hydrogen-bond acceptors (Lipinski definition) is 2. The van der Waals surface area contributed by atoms with Crippen LogP contribution in [0, 0.1) is 6.92 Å². The van der Waals surface area contributed by atoms with E-state index in [4.69, 9.17) is 4.98 Å². The van der Waals surface area contributed by atoms with Crippen molar-refractivity contribution in [3.05, 3.63) is 35.9 Å². The van der Waals surface area contributed by atoms with Crippen molar-refractivity contribution in [2.45, 2.75) is 46.0 Å². The van der Waals surface area contributed by atoms with Crippen molar-refractivity contribution in [3.63, 3.8) is 0 Å². The van der Waals surface area contributed by atoms with E-state index in [-0.39, 0.29) is 0 Å². The predicted octanol–water partition coefficient (Wildman–Crippen LogP) is 4.07. The molecule has 0 aliphatic rings. The van der Waals surface area contributed by atoms with Crippen molar-refractivity contribution in [1.82, 2.24) is 15.0 Å². The number of pyridine rings is 1. The largest absolute Gasteiger partial charge is 0.342 e. The first-order valence-electron chi connectivity index (χ1n) is 6.69. The van der Waals surface area contributed by atoms with E-state index in [0.29, 0.717) is 5.92 Å². The van der Waals surface area contributed by atoms with Crippen molar-refractivity contribution < 1.29 is 0 Å². The van der Waals surface area contributed by atoms with Gasteiger partial charge in [0, 0.05) is 29.6 Å². The van der Waals surface area contributed by atoms with Gasteiger partial charge in [0.25, 0.3) is 0 Å². The van der Waals surface area contributed by atoms with Crippen molar-refractivity contribution in [2.24, 2.45) is 0 Å². The van der Waals surface area contributed by atoms with Gasteiger partial charge in [-0.15, -0.1) is 0 Å². The lowest BCUT2D eigenvalue weighted by atomic mass is 10.00. The second kappa shape index (κ2) is 5.80. The van der Waals surface area contributed by atoms with E-state index in [0.717, 1.165) is 11.4 Å². The fourth-order valence-electron chi connectivity index (χ4n) is 2.25. The smallest absolute Gasteiger partial charge is 0.137 e. The molecule has 0 amide bonds. The Labute approximate surface area is 109 Å². The zero-order chi connectivity index (χ0) is 13.0. The Bertz CT molecular complexity index is 488. The number of H-pyrrole nitrogens is 1. The fraction of sp³-hybridized carbons (Fsp3) is 0.467. The lowest BCUT2D eigenvalue weighted by Crippen LogP contribution is -1.96. The number of imidazole rings is 1. The van der Waals surface area contributed by atoms with Crippen molar-refractivity contribution in [2.75, 3.05) is 0 Å². The summed E-state index contributed by atoms with van der Waals surface area (Å²) >= 11 is 0. The predicted molar refractivity (Wildman–Crippen MR) is 74.5 cm³/mol. The van der Waals surface area contributed by atoms with Gasteiger partial charge in [0.2, 0.25) is 0 Å². The molecular formula is C15H21N3. The molecule has 0 fully saturated rings. The molecule has 0 aliphatic carbocycles. The van der Waals surface area contributed by atoms with Gasteiger partial charge in [0.1, 0.15) is 5.82 Å². The molecule has 0 saturated carbocycles. The second-order valence-corrected chi connectivity index (χ2v) is 4.87. The fourth-order valence-corrected chi connectivity index (χ4v) is 2.25. The van der Waals surface area contributed by atoms with E-state index < -0.39 is 0 Å². The first-order chi connectivity index (χ1) is 8.72. The van der Waals surface area contributed by atoms with Gasteiger partial charge in [-0.25, -0.2) is 4.98 Å². The van der Waals surface area contributed by atoms with Gasteiger partial charge in [0.15, 0.2) is 0 Å². The van der Waals surface area contributed by atoms with Crippen LogP contribution < -0.4 is 0 Å². The van der Waals surface area contributed by atoms with Crippen LogP contribution in [0.4, 0.5) is 0 Å². The third-order valence-electron chi connectivity index (χ3n) is 3.33. The molecule has 0 spiro atoms. The summed E-state index contributed by atoms with van der Waals surface area (Å²) in [5.41, 5.74) is 3.49. The summed E-state index contributed by atoms with van der Waals surface area (Å²) in [7, 11) is 0. The van der Waals surface area contributed by atoms with Crippen molar-refractivity contribution in [1.29, 1.82) is 0 Å². The molecule has 3 nitrogen and oxygen atoms in total. The third-order valence-corrected chi connectivity index (χ3v) is 3.33. The monoisotopic (exact) mass is 243 g/mol. The first kappa shape index (κ1) is 12.8. The van der Waals surface area contributed by atoms with Crippen LogP contribution in [-0.2, 0) is 0 Å². The van der Waals surface area contributed by atoms with Crippen LogP contribution in [0.2, 0.25) is 0 Å². The van der Waals surface area contributed by atoms with Crippen LogP contribution in [0.15, 0.2) is 24.5 Å². The Kier molecular flexibility index (Phi) is 4.13. The highest BCUT2D eigenvalue weighted by atomic mass is 14.9. The Morgan fingerprint density at radius 2 is 2.00 bits per heavy atom. The van der Waals surface area contributed by atoms with Crippen LogP contribution in [-0.4, -0.2) is 15.0 Å². The van der Waals surface area contributed by atoms with Gasteiger partial charge in [0.05, 0.1) is 5.69 Å². The van der Waals surface area contributed by atoms with Gasteiger partial charge >= 0.3 is 0 Å². The first-order valence-corrected chi connectivity index (χ1v) is 6.69. The zero-order valence-electron chi connectivity index (χ0n) is 11.4. The number of rotatable bonds is 5. The van der Waals surface area contributed by atoms with E-state index in [9.17, 15) is 0 Å². The summed E-state index contributed by atoms with van der Waals surface area (Å²) in [5, 5.41) is 0. The lowest BCUT2D eigenvalue weighted by Gasteiger charge is -2.08. The zero-order valence-corrected chi connectivity index (χ0v) is 11.4. The van der Waals surface area contributed by atoms with E-state index in [1.165, 1.54) is 30.7 Å². The molecule has 2 heterocycles. The van der Waals surface area contributed by atoms with Gasteiger partial charge in [-0.05, 0) is 25.5 Å². The van der Waals surface area contributed by atoms with Crippen LogP contribution in [0.5, 0.6) is 0 Å². The molecule has 0 aromatic carbocycles. The molecule has 0 aliphatic heterocycles. The summed E-state index contributed by atoms with van der Waals surface area (Å²) in [6.07, 6.45) is 7.31. The Balaban J connectivity index is 2.22. The number of aromatic nitrogens is 3.